The van der Waals surface area contributed by atoms with E-state index in [1.165, 1.54) is 21.3 Å². The number of rotatable bonds is 7. The van der Waals surface area contributed by atoms with Crippen LogP contribution in [0, 0.1) is 0 Å². The van der Waals surface area contributed by atoms with Crippen LogP contribution in [0.25, 0.3) is 10.1 Å². The standard InChI is InChI=1S/C28H29N3OS/c32-28(29-21-23-10-5-2-6-11-23)27-20-24-25(12-7-13-26(24)33-27)31-18-16-30(17-19-31)15-14-22-8-3-1-4-9-22/h1-13,20H,14-19,21H2,(H,29,32). The Balaban J connectivity index is 1.22. The Labute approximate surface area is 199 Å². The minimum atomic E-state index is -0.00302. The zero-order chi connectivity index (χ0) is 22.5. The summed E-state index contributed by atoms with van der Waals surface area (Å²) in [5.41, 5.74) is 3.76. The van der Waals surface area contributed by atoms with E-state index in [1.807, 2.05) is 30.3 Å². The highest BCUT2D eigenvalue weighted by molar-refractivity contribution is 7.20. The monoisotopic (exact) mass is 455 g/mol. The van der Waals surface area contributed by atoms with E-state index in [-0.39, 0.29) is 5.91 Å². The molecule has 5 rings (SSSR count). The molecule has 168 valence electrons. The molecule has 0 unspecified atom stereocenters. The number of hydrogen-bond donors (Lipinski definition) is 1. The van der Waals surface area contributed by atoms with Crippen LogP contribution in [0.15, 0.2) is 84.9 Å². The third-order valence-electron chi connectivity index (χ3n) is 6.33. The van der Waals surface area contributed by atoms with Crippen molar-refractivity contribution in [3.63, 3.8) is 0 Å². The van der Waals surface area contributed by atoms with E-state index in [0.717, 1.165) is 49.6 Å². The molecule has 1 fully saturated rings. The molecule has 1 aliphatic rings. The molecule has 0 saturated carbocycles. The molecule has 1 aliphatic heterocycles. The first-order valence-electron chi connectivity index (χ1n) is 11.6. The lowest BCUT2D eigenvalue weighted by molar-refractivity contribution is 0.0955. The Hall–Kier alpha value is -3.15. The van der Waals surface area contributed by atoms with Crippen LogP contribution in [0.3, 0.4) is 0 Å². The predicted octanol–water partition coefficient (Wildman–Crippen LogP) is 5.20. The summed E-state index contributed by atoms with van der Waals surface area (Å²) in [6, 6.07) is 29.3. The lowest BCUT2D eigenvalue weighted by Crippen LogP contribution is -2.47. The largest absolute Gasteiger partial charge is 0.368 e. The number of nitrogens with zero attached hydrogens (tertiary/aromatic N) is 2. The van der Waals surface area contributed by atoms with Crippen molar-refractivity contribution in [2.75, 3.05) is 37.6 Å². The van der Waals surface area contributed by atoms with Crippen LogP contribution in [-0.4, -0.2) is 43.5 Å². The normalized spacial score (nSPS) is 14.5. The summed E-state index contributed by atoms with van der Waals surface area (Å²) >= 11 is 1.58. The molecule has 0 radical (unpaired) electrons. The van der Waals surface area contributed by atoms with E-state index >= 15 is 0 Å². The van der Waals surface area contributed by atoms with E-state index < -0.39 is 0 Å². The van der Waals surface area contributed by atoms with Crippen molar-refractivity contribution in [2.45, 2.75) is 13.0 Å². The Morgan fingerprint density at radius 1 is 0.818 bits per heavy atom. The maximum atomic E-state index is 12.8. The average molecular weight is 456 g/mol. The second-order valence-corrected chi connectivity index (χ2v) is 9.62. The summed E-state index contributed by atoms with van der Waals surface area (Å²) < 4.78 is 1.17. The van der Waals surface area contributed by atoms with Crippen LogP contribution in [0.1, 0.15) is 20.8 Å². The SMILES string of the molecule is O=C(NCc1ccccc1)c1cc2c(N3CCN(CCc4ccccc4)CC3)cccc2s1. The second kappa shape index (κ2) is 10.2. The van der Waals surface area contributed by atoms with E-state index in [2.05, 4.69) is 69.7 Å². The Morgan fingerprint density at radius 2 is 1.52 bits per heavy atom. The van der Waals surface area contributed by atoms with E-state index in [9.17, 15) is 4.79 Å². The highest BCUT2D eigenvalue weighted by Gasteiger charge is 2.20. The van der Waals surface area contributed by atoms with Crippen molar-refractivity contribution in [1.29, 1.82) is 0 Å². The molecule has 0 spiro atoms. The summed E-state index contributed by atoms with van der Waals surface area (Å²) in [7, 11) is 0. The van der Waals surface area contributed by atoms with E-state index in [0.29, 0.717) is 6.54 Å². The Kier molecular flexibility index (Phi) is 6.70. The molecule has 1 amide bonds. The molecule has 5 heteroatoms. The Bertz CT molecular complexity index is 1200. The summed E-state index contributed by atoms with van der Waals surface area (Å²) in [5.74, 6) is -0.00302. The number of carbonyl (C=O) groups excluding carboxylic acids is 1. The van der Waals surface area contributed by atoms with Gasteiger partial charge in [-0.3, -0.25) is 9.69 Å². The van der Waals surface area contributed by atoms with Gasteiger partial charge in [0.1, 0.15) is 0 Å². The van der Waals surface area contributed by atoms with Crippen LogP contribution in [0.2, 0.25) is 0 Å². The number of anilines is 1. The molecular formula is C28H29N3OS. The molecule has 1 aromatic heterocycles. The topological polar surface area (TPSA) is 35.6 Å². The van der Waals surface area contributed by atoms with Gasteiger partial charge in [-0.25, -0.2) is 0 Å². The first kappa shape index (κ1) is 21.7. The van der Waals surface area contributed by atoms with Gasteiger partial charge in [0.25, 0.3) is 5.91 Å². The predicted molar refractivity (Wildman–Crippen MR) is 138 cm³/mol. The van der Waals surface area contributed by atoms with Crippen LogP contribution in [0.5, 0.6) is 0 Å². The van der Waals surface area contributed by atoms with E-state index in [4.69, 9.17) is 0 Å². The van der Waals surface area contributed by atoms with Gasteiger partial charge in [-0.15, -0.1) is 11.3 Å². The third kappa shape index (κ3) is 5.27. The van der Waals surface area contributed by atoms with Crippen molar-refractivity contribution in [2.24, 2.45) is 0 Å². The number of carbonyl (C=O) groups is 1. The summed E-state index contributed by atoms with van der Waals surface area (Å²) in [5, 5.41) is 4.24. The summed E-state index contributed by atoms with van der Waals surface area (Å²) in [6.07, 6.45) is 1.10. The molecule has 1 saturated heterocycles. The number of fused-ring (bicyclic) bond motifs is 1. The van der Waals surface area contributed by atoms with E-state index in [1.54, 1.807) is 11.3 Å². The number of piperazine rings is 1. The minimum absolute atomic E-state index is 0.00302. The van der Waals surface area contributed by atoms with Gasteiger partial charge in [0.05, 0.1) is 4.88 Å². The van der Waals surface area contributed by atoms with Gasteiger partial charge in [0.15, 0.2) is 0 Å². The minimum Gasteiger partial charge on any atom is -0.368 e. The molecule has 33 heavy (non-hydrogen) atoms. The molecule has 4 aromatic rings. The van der Waals surface area contributed by atoms with Crippen molar-refractivity contribution in [1.82, 2.24) is 10.2 Å². The highest BCUT2D eigenvalue weighted by atomic mass is 32.1. The van der Waals surface area contributed by atoms with Crippen LogP contribution in [-0.2, 0) is 13.0 Å². The van der Waals surface area contributed by atoms with Gasteiger partial charge >= 0.3 is 0 Å². The maximum absolute atomic E-state index is 12.8. The molecule has 2 heterocycles. The van der Waals surface area contributed by atoms with Crippen molar-refractivity contribution < 1.29 is 4.79 Å². The molecule has 0 aliphatic carbocycles. The van der Waals surface area contributed by atoms with Gasteiger partial charge < -0.3 is 10.2 Å². The quantitative estimate of drug-likeness (QED) is 0.416. The lowest BCUT2D eigenvalue weighted by atomic mass is 10.1. The number of hydrogen-bond acceptors (Lipinski definition) is 4. The van der Waals surface area contributed by atoms with Gasteiger partial charge in [-0.1, -0.05) is 66.7 Å². The number of thiophene rings is 1. The fraction of sp³-hybridized carbons (Fsp3) is 0.250. The smallest absolute Gasteiger partial charge is 0.261 e. The van der Waals surface area contributed by atoms with Crippen molar-refractivity contribution >= 4 is 33.0 Å². The number of benzene rings is 3. The first-order valence-corrected chi connectivity index (χ1v) is 12.4. The van der Waals surface area contributed by atoms with Crippen LogP contribution in [0.4, 0.5) is 5.69 Å². The average Bonchev–Trinajstić information content (AvgIpc) is 3.32. The Morgan fingerprint density at radius 3 is 2.24 bits per heavy atom. The van der Waals surface area contributed by atoms with Crippen molar-refractivity contribution in [3.05, 3.63) is 101 Å². The third-order valence-corrected chi connectivity index (χ3v) is 7.43. The molecule has 1 N–H and O–H groups in total. The molecule has 0 atom stereocenters. The number of amides is 1. The molecule has 0 bridgehead atoms. The molecule has 3 aromatic carbocycles. The summed E-state index contributed by atoms with van der Waals surface area (Å²) in [6.45, 7) is 5.81. The van der Waals surface area contributed by atoms with Crippen molar-refractivity contribution in [3.8, 4) is 0 Å². The van der Waals surface area contributed by atoms with Crippen LogP contribution >= 0.6 is 11.3 Å². The highest BCUT2D eigenvalue weighted by Crippen LogP contribution is 2.34. The fourth-order valence-corrected chi connectivity index (χ4v) is 5.44. The maximum Gasteiger partial charge on any atom is 0.261 e. The zero-order valence-corrected chi connectivity index (χ0v) is 19.6. The fourth-order valence-electron chi connectivity index (χ4n) is 4.44. The van der Waals surface area contributed by atoms with Crippen LogP contribution < -0.4 is 10.2 Å². The van der Waals surface area contributed by atoms with Gasteiger partial charge in [-0.2, -0.15) is 0 Å². The zero-order valence-electron chi connectivity index (χ0n) is 18.7. The van der Waals surface area contributed by atoms with Gasteiger partial charge in [-0.05, 0) is 35.7 Å². The second-order valence-electron chi connectivity index (χ2n) is 8.53. The molecule has 4 nitrogen and oxygen atoms in total. The number of nitrogens with one attached hydrogen (secondary N) is 1. The first-order chi connectivity index (χ1) is 16.3. The van der Waals surface area contributed by atoms with Gasteiger partial charge in [0.2, 0.25) is 0 Å². The van der Waals surface area contributed by atoms with Gasteiger partial charge in [0, 0.05) is 55.0 Å². The summed E-state index contributed by atoms with van der Waals surface area (Å²) in [4.78, 5) is 18.6. The molecular weight excluding hydrogens is 426 g/mol. The lowest BCUT2D eigenvalue weighted by Gasteiger charge is -2.36.